The highest BCUT2D eigenvalue weighted by Gasteiger charge is 2.26. The number of aryl methyl sites for hydroxylation is 1. The van der Waals surface area contributed by atoms with Crippen LogP contribution >= 0.6 is 0 Å². The second-order valence-electron chi connectivity index (χ2n) is 7.04. The number of aromatic nitrogens is 3. The second-order valence-corrected chi connectivity index (χ2v) is 7.04. The molecule has 3 aromatic rings. The van der Waals surface area contributed by atoms with Crippen LogP contribution < -0.4 is 15.2 Å². The van der Waals surface area contributed by atoms with Crippen molar-refractivity contribution in [3.8, 4) is 5.75 Å². The maximum Gasteiger partial charge on any atom is 0.295 e. The van der Waals surface area contributed by atoms with E-state index >= 15 is 0 Å². The van der Waals surface area contributed by atoms with Gasteiger partial charge in [-0.05, 0) is 38.1 Å². The zero-order valence-corrected chi connectivity index (χ0v) is 17.2. The first-order valence-electron chi connectivity index (χ1n) is 10.3. The Hall–Kier alpha value is -3.42. The molecule has 2 aromatic heterocycles. The highest BCUT2D eigenvalue weighted by atomic mass is 16.5. The van der Waals surface area contributed by atoms with Crippen LogP contribution in [0.2, 0.25) is 0 Å². The molecule has 1 fully saturated rings. The third-order valence-electron chi connectivity index (χ3n) is 5.28. The number of carbonyl (C=O) groups excluding carboxylic acids is 1. The molecule has 3 heterocycles. The van der Waals surface area contributed by atoms with E-state index in [1.54, 1.807) is 21.7 Å². The summed E-state index contributed by atoms with van der Waals surface area (Å²) in [6, 6.07) is 11.0. The number of hydrogen-bond acceptors (Lipinski definition) is 6. The van der Waals surface area contributed by atoms with E-state index < -0.39 is 0 Å². The van der Waals surface area contributed by atoms with E-state index in [0.717, 1.165) is 0 Å². The first kappa shape index (κ1) is 19.9. The number of benzene rings is 1. The molecule has 156 valence electrons. The Kier molecular flexibility index (Phi) is 5.65. The van der Waals surface area contributed by atoms with Crippen LogP contribution in [-0.4, -0.2) is 58.1 Å². The van der Waals surface area contributed by atoms with E-state index in [1.807, 2.05) is 49.1 Å². The minimum Gasteiger partial charge on any atom is -0.493 e. The SMILES string of the molecule is CCOc1ccccc1C(=O)N1CCN(c2nc3cccnc3n(CC)c2=O)CC1. The molecule has 0 unspecified atom stereocenters. The Morgan fingerprint density at radius 3 is 2.57 bits per heavy atom. The van der Waals surface area contributed by atoms with Crippen molar-refractivity contribution in [1.29, 1.82) is 0 Å². The van der Waals surface area contributed by atoms with Crippen molar-refractivity contribution in [3.05, 3.63) is 58.5 Å². The average Bonchev–Trinajstić information content (AvgIpc) is 2.79. The van der Waals surface area contributed by atoms with Gasteiger partial charge in [-0.15, -0.1) is 0 Å². The van der Waals surface area contributed by atoms with Gasteiger partial charge in [0.15, 0.2) is 11.5 Å². The molecule has 0 bridgehead atoms. The number of nitrogens with zero attached hydrogens (tertiary/aromatic N) is 5. The normalized spacial score (nSPS) is 14.2. The van der Waals surface area contributed by atoms with Crippen molar-refractivity contribution in [2.75, 3.05) is 37.7 Å². The van der Waals surface area contributed by atoms with E-state index in [4.69, 9.17) is 4.74 Å². The van der Waals surface area contributed by atoms with E-state index in [1.165, 1.54) is 0 Å². The lowest BCUT2D eigenvalue weighted by molar-refractivity contribution is 0.0742. The molecule has 0 saturated carbocycles. The minimum absolute atomic E-state index is 0.0552. The fraction of sp³-hybridized carbons (Fsp3) is 0.364. The number of fused-ring (bicyclic) bond motifs is 1. The molecule has 0 atom stereocenters. The third-order valence-corrected chi connectivity index (χ3v) is 5.28. The highest BCUT2D eigenvalue weighted by molar-refractivity contribution is 5.97. The molecule has 0 aliphatic carbocycles. The van der Waals surface area contributed by atoms with Crippen molar-refractivity contribution < 1.29 is 9.53 Å². The Morgan fingerprint density at radius 1 is 1.07 bits per heavy atom. The molecule has 0 radical (unpaired) electrons. The van der Waals surface area contributed by atoms with Crippen molar-refractivity contribution in [2.24, 2.45) is 0 Å². The van der Waals surface area contributed by atoms with Crippen LogP contribution in [0.5, 0.6) is 5.75 Å². The van der Waals surface area contributed by atoms with Gasteiger partial charge in [0, 0.05) is 38.9 Å². The van der Waals surface area contributed by atoms with Gasteiger partial charge in [-0.3, -0.25) is 14.2 Å². The van der Waals surface area contributed by atoms with Crippen LogP contribution in [0.3, 0.4) is 0 Å². The largest absolute Gasteiger partial charge is 0.493 e. The van der Waals surface area contributed by atoms with E-state index in [9.17, 15) is 9.59 Å². The molecule has 1 aliphatic rings. The van der Waals surface area contributed by atoms with Crippen LogP contribution in [0, 0.1) is 0 Å². The molecule has 1 aliphatic heterocycles. The number of amides is 1. The monoisotopic (exact) mass is 407 g/mol. The predicted octanol–water partition coefficient (Wildman–Crippen LogP) is 2.17. The summed E-state index contributed by atoms with van der Waals surface area (Å²) in [7, 11) is 0. The summed E-state index contributed by atoms with van der Waals surface area (Å²) >= 11 is 0. The fourth-order valence-corrected chi connectivity index (χ4v) is 3.78. The zero-order valence-electron chi connectivity index (χ0n) is 17.2. The molecule has 8 heteroatoms. The molecule has 1 saturated heterocycles. The summed E-state index contributed by atoms with van der Waals surface area (Å²) in [4.78, 5) is 38.7. The van der Waals surface area contributed by atoms with Crippen molar-refractivity contribution >= 4 is 22.9 Å². The van der Waals surface area contributed by atoms with Gasteiger partial charge < -0.3 is 14.5 Å². The Balaban J connectivity index is 1.55. The summed E-state index contributed by atoms with van der Waals surface area (Å²) < 4.78 is 7.25. The maximum atomic E-state index is 13.0. The Morgan fingerprint density at radius 2 is 1.83 bits per heavy atom. The number of anilines is 1. The molecule has 1 amide bonds. The lowest BCUT2D eigenvalue weighted by Gasteiger charge is -2.35. The third kappa shape index (κ3) is 3.60. The van der Waals surface area contributed by atoms with Gasteiger partial charge in [0.2, 0.25) is 0 Å². The van der Waals surface area contributed by atoms with Gasteiger partial charge in [-0.25, -0.2) is 9.97 Å². The van der Waals surface area contributed by atoms with Crippen LogP contribution in [-0.2, 0) is 6.54 Å². The molecule has 4 rings (SSSR count). The Bertz CT molecular complexity index is 1120. The predicted molar refractivity (Wildman–Crippen MR) is 115 cm³/mol. The molecule has 30 heavy (non-hydrogen) atoms. The topological polar surface area (TPSA) is 80.6 Å². The number of ether oxygens (including phenoxy) is 1. The van der Waals surface area contributed by atoms with Crippen molar-refractivity contribution in [2.45, 2.75) is 20.4 Å². The summed E-state index contributed by atoms with van der Waals surface area (Å²) in [5.74, 6) is 0.960. The van der Waals surface area contributed by atoms with E-state index in [2.05, 4.69) is 9.97 Å². The summed E-state index contributed by atoms with van der Waals surface area (Å²) in [5, 5.41) is 0. The summed E-state index contributed by atoms with van der Waals surface area (Å²) in [5.41, 5.74) is 1.70. The number of para-hydroxylation sites is 1. The first-order valence-corrected chi connectivity index (χ1v) is 10.3. The molecule has 1 aromatic carbocycles. The second kappa shape index (κ2) is 8.52. The summed E-state index contributed by atoms with van der Waals surface area (Å²) in [6.45, 7) is 6.95. The standard InChI is InChI=1S/C22H25N5O3/c1-3-27-19-17(9-7-11-23-19)24-20(22(27)29)25-12-14-26(15-13-25)21(28)16-8-5-6-10-18(16)30-4-2/h5-11H,3-4,12-15H2,1-2H3. The smallest absolute Gasteiger partial charge is 0.295 e. The summed E-state index contributed by atoms with van der Waals surface area (Å²) in [6.07, 6.45) is 1.67. The number of pyridine rings is 1. The number of carbonyl (C=O) groups is 1. The first-order chi connectivity index (χ1) is 14.6. The van der Waals surface area contributed by atoms with Gasteiger partial charge in [-0.2, -0.15) is 0 Å². The minimum atomic E-state index is -0.148. The molecule has 0 spiro atoms. The molecule has 0 N–H and O–H groups in total. The van der Waals surface area contributed by atoms with Gasteiger partial charge in [-0.1, -0.05) is 12.1 Å². The van der Waals surface area contributed by atoms with Crippen LogP contribution in [0.4, 0.5) is 5.82 Å². The average molecular weight is 407 g/mol. The molecule has 8 nitrogen and oxygen atoms in total. The van der Waals surface area contributed by atoms with Gasteiger partial charge in [0.05, 0.1) is 12.2 Å². The quantitative estimate of drug-likeness (QED) is 0.645. The lowest BCUT2D eigenvalue weighted by Crippen LogP contribution is -2.50. The zero-order chi connectivity index (χ0) is 21.1. The van der Waals surface area contributed by atoms with Crippen molar-refractivity contribution in [1.82, 2.24) is 19.4 Å². The van der Waals surface area contributed by atoms with Crippen LogP contribution in [0.1, 0.15) is 24.2 Å². The van der Waals surface area contributed by atoms with Gasteiger partial charge in [0.25, 0.3) is 11.5 Å². The van der Waals surface area contributed by atoms with E-state index in [0.29, 0.717) is 67.6 Å². The lowest BCUT2D eigenvalue weighted by atomic mass is 10.1. The maximum absolute atomic E-state index is 13.0. The number of hydrogen-bond donors (Lipinski definition) is 0. The molecular formula is C22H25N5O3. The number of piperazine rings is 1. The molecular weight excluding hydrogens is 382 g/mol. The van der Waals surface area contributed by atoms with Crippen LogP contribution in [0.25, 0.3) is 11.2 Å². The van der Waals surface area contributed by atoms with Gasteiger partial charge >= 0.3 is 0 Å². The van der Waals surface area contributed by atoms with Gasteiger partial charge in [0.1, 0.15) is 11.3 Å². The number of rotatable bonds is 5. The Labute approximate surface area is 174 Å². The van der Waals surface area contributed by atoms with E-state index in [-0.39, 0.29) is 11.5 Å². The van der Waals surface area contributed by atoms with Crippen molar-refractivity contribution in [3.63, 3.8) is 0 Å². The fourth-order valence-electron chi connectivity index (χ4n) is 3.78. The van der Waals surface area contributed by atoms with Crippen LogP contribution in [0.15, 0.2) is 47.4 Å². The highest BCUT2D eigenvalue weighted by Crippen LogP contribution is 2.21.